The van der Waals surface area contributed by atoms with E-state index in [2.05, 4.69) is 34.1 Å². The van der Waals surface area contributed by atoms with E-state index in [4.69, 9.17) is 4.74 Å². The van der Waals surface area contributed by atoms with E-state index in [1.54, 1.807) is 11.3 Å². The van der Waals surface area contributed by atoms with Crippen molar-refractivity contribution >= 4 is 11.3 Å². The van der Waals surface area contributed by atoms with Gasteiger partial charge in [0.15, 0.2) is 0 Å². The number of hydrogen-bond donors (Lipinski definition) is 0. The zero-order valence-electron chi connectivity index (χ0n) is 14.0. The molecule has 0 atom stereocenters. The number of aryl methyl sites for hydroxylation is 1. The van der Waals surface area contributed by atoms with Crippen molar-refractivity contribution in [1.29, 1.82) is 0 Å². The molecule has 0 spiro atoms. The number of nitrogens with zero attached hydrogens (tertiary/aromatic N) is 3. The van der Waals surface area contributed by atoms with Crippen LogP contribution in [0, 0.1) is 6.92 Å². The van der Waals surface area contributed by atoms with Crippen LogP contribution in [0.25, 0.3) is 0 Å². The molecule has 2 aliphatic rings. The van der Waals surface area contributed by atoms with E-state index in [0.29, 0.717) is 5.54 Å². The molecule has 22 heavy (non-hydrogen) atoms. The lowest BCUT2D eigenvalue weighted by molar-refractivity contribution is -0.0492. The molecule has 1 saturated heterocycles. The van der Waals surface area contributed by atoms with Crippen molar-refractivity contribution in [2.45, 2.75) is 51.1 Å². The zero-order valence-corrected chi connectivity index (χ0v) is 14.8. The predicted octanol–water partition coefficient (Wildman–Crippen LogP) is 2.92. The van der Waals surface area contributed by atoms with Gasteiger partial charge in [0.05, 0.1) is 23.9 Å². The fourth-order valence-electron chi connectivity index (χ4n) is 4.14. The molecular weight excluding hydrogens is 294 g/mol. The summed E-state index contributed by atoms with van der Waals surface area (Å²) in [7, 11) is 2.26. The van der Waals surface area contributed by atoms with Crippen molar-refractivity contribution in [2.24, 2.45) is 0 Å². The summed E-state index contributed by atoms with van der Waals surface area (Å²) in [6.07, 6.45) is 6.84. The van der Waals surface area contributed by atoms with Crippen LogP contribution in [0.3, 0.4) is 0 Å². The van der Waals surface area contributed by atoms with Gasteiger partial charge in [-0.1, -0.05) is 19.3 Å². The smallest absolute Gasteiger partial charge is 0.0897 e. The minimum absolute atomic E-state index is 0.363. The predicted molar refractivity (Wildman–Crippen MR) is 91.4 cm³/mol. The van der Waals surface area contributed by atoms with E-state index in [1.807, 2.05) is 0 Å². The highest BCUT2D eigenvalue weighted by Crippen LogP contribution is 2.35. The van der Waals surface area contributed by atoms with E-state index < -0.39 is 0 Å². The fraction of sp³-hybridized carbons (Fsp3) is 0.824. The Hall–Kier alpha value is -0.490. The summed E-state index contributed by atoms with van der Waals surface area (Å²) >= 11 is 1.75. The summed E-state index contributed by atoms with van der Waals surface area (Å²) in [6, 6.07) is 0. The zero-order chi connectivity index (χ0) is 15.4. The molecule has 1 saturated carbocycles. The normalized spacial score (nSPS) is 23.0. The average molecular weight is 324 g/mol. The molecule has 0 bridgehead atoms. The number of aromatic nitrogens is 1. The lowest BCUT2D eigenvalue weighted by Gasteiger charge is -2.49. The molecule has 1 aliphatic carbocycles. The summed E-state index contributed by atoms with van der Waals surface area (Å²) in [5.41, 5.74) is 1.58. The minimum atomic E-state index is 0.363. The largest absolute Gasteiger partial charge is 0.379 e. The van der Waals surface area contributed by atoms with Gasteiger partial charge in [-0.2, -0.15) is 0 Å². The Balaban J connectivity index is 1.66. The summed E-state index contributed by atoms with van der Waals surface area (Å²) in [5.74, 6) is 0. The second-order valence-corrected chi connectivity index (χ2v) is 7.98. The molecule has 0 N–H and O–H groups in total. The van der Waals surface area contributed by atoms with E-state index >= 15 is 0 Å². The van der Waals surface area contributed by atoms with Gasteiger partial charge in [0, 0.05) is 37.1 Å². The molecule has 1 aromatic heterocycles. The second-order valence-electron chi connectivity index (χ2n) is 6.91. The molecule has 3 rings (SSSR count). The summed E-state index contributed by atoms with van der Waals surface area (Å²) < 4.78 is 5.58. The van der Waals surface area contributed by atoms with Gasteiger partial charge in [0.1, 0.15) is 0 Å². The lowest BCUT2D eigenvalue weighted by Crippen LogP contribution is -2.59. The van der Waals surface area contributed by atoms with Crippen LogP contribution in [0.15, 0.2) is 5.38 Å². The topological polar surface area (TPSA) is 28.6 Å². The first-order valence-corrected chi connectivity index (χ1v) is 9.48. The van der Waals surface area contributed by atoms with Crippen LogP contribution >= 0.6 is 11.3 Å². The third-order valence-corrected chi connectivity index (χ3v) is 5.95. The molecule has 0 unspecified atom stereocenters. The summed E-state index contributed by atoms with van der Waals surface area (Å²) in [4.78, 5) is 9.82. The van der Waals surface area contributed by atoms with Gasteiger partial charge in [0.25, 0.3) is 0 Å². The van der Waals surface area contributed by atoms with Crippen molar-refractivity contribution < 1.29 is 4.74 Å². The molecule has 5 heteroatoms. The monoisotopic (exact) mass is 323 g/mol. The molecule has 0 radical (unpaired) electrons. The van der Waals surface area contributed by atoms with Crippen LogP contribution in [0.4, 0.5) is 0 Å². The maximum absolute atomic E-state index is 5.58. The standard InChI is InChI=1S/C17H29N3OS/c1-15-18-16(13-22-15)12-19(2)14-17(6-4-3-5-7-17)20-8-10-21-11-9-20/h13H,3-12,14H2,1-2H3. The summed E-state index contributed by atoms with van der Waals surface area (Å²) in [5, 5.41) is 3.37. The van der Waals surface area contributed by atoms with Gasteiger partial charge in [-0.05, 0) is 26.8 Å². The van der Waals surface area contributed by atoms with Crippen molar-refractivity contribution in [1.82, 2.24) is 14.8 Å². The molecule has 0 amide bonds. The quantitative estimate of drug-likeness (QED) is 0.833. The minimum Gasteiger partial charge on any atom is -0.379 e. The molecule has 4 nitrogen and oxygen atoms in total. The van der Waals surface area contributed by atoms with Gasteiger partial charge in [-0.15, -0.1) is 11.3 Å². The Morgan fingerprint density at radius 2 is 2.00 bits per heavy atom. The van der Waals surface area contributed by atoms with Crippen molar-refractivity contribution in [3.05, 3.63) is 16.1 Å². The Morgan fingerprint density at radius 3 is 2.64 bits per heavy atom. The van der Waals surface area contributed by atoms with Crippen LogP contribution in [0.1, 0.15) is 42.8 Å². The first-order chi connectivity index (χ1) is 10.7. The maximum atomic E-state index is 5.58. The Morgan fingerprint density at radius 1 is 1.27 bits per heavy atom. The maximum Gasteiger partial charge on any atom is 0.0897 e. The SMILES string of the molecule is Cc1nc(CN(C)CC2(N3CCOCC3)CCCCC2)cs1. The molecule has 2 heterocycles. The number of morpholine rings is 1. The van der Waals surface area contributed by atoms with Crippen molar-refractivity contribution in [3.63, 3.8) is 0 Å². The van der Waals surface area contributed by atoms with Gasteiger partial charge in [0.2, 0.25) is 0 Å². The lowest BCUT2D eigenvalue weighted by atomic mass is 9.79. The molecule has 1 aliphatic heterocycles. The molecular formula is C17H29N3OS. The average Bonchev–Trinajstić information content (AvgIpc) is 2.94. The van der Waals surface area contributed by atoms with E-state index in [9.17, 15) is 0 Å². The first-order valence-electron chi connectivity index (χ1n) is 8.60. The van der Waals surface area contributed by atoms with E-state index in [1.165, 1.54) is 42.8 Å². The number of rotatable bonds is 5. The van der Waals surface area contributed by atoms with Crippen molar-refractivity contribution in [2.75, 3.05) is 39.9 Å². The summed E-state index contributed by atoms with van der Waals surface area (Å²) in [6.45, 7) is 8.21. The van der Waals surface area contributed by atoms with Crippen LogP contribution in [-0.2, 0) is 11.3 Å². The third-order valence-electron chi connectivity index (χ3n) is 5.13. The molecule has 0 aromatic carbocycles. The number of likely N-dealkylation sites (N-methyl/N-ethyl adjacent to an activating group) is 1. The highest BCUT2D eigenvalue weighted by Gasteiger charge is 2.39. The Labute approximate surface area is 138 Å². The van der Waals surface area contributed by atoms with Gasteiger partial charge in [-0.3, -0.25) is 9.80 Å². The van der Waals surface area contributed by atoms with Gasteiger partial charge >= 0.3 is 0 Å². The second kappa shape index (κ2) is 7.39. The number of hydrogen-bond acceptors (Lipinski definition) is 5. The molecule has 124 valence electrons. The van der Waals surface area contributed by atoms with Gasteiger partial charge in [-0.25, -0.2) is 4.98 Å². The Kier molecular flexibility index (Phi) is 5.50. The highest BCUT2D eigenvalue weighted by molar-refractivity contribution is 7.09. The molecule has 1 aromatic rings. The fourth-order valence-corrected chi connectivity index (χ4v) is 4.74. The van der Waals surface area contributed by atoms with Crippen LogP contribution < -0.4 is 0 Å². The number of thiazole rings is 1. The van der Waals surface area contributed by atoms with Crippen LogP contribution in [0.5, 0.6) is 0 Å². The van der Waals surface area contributed by atoms with E-state index in [-0.39, 0.29) is 0 Å². The number of ether oxygens (including phenoxy) is 1. The first kappa shape index (κ1) is 16.4. The van der Waals surface area contributed by atoms with Gasteiger partial charge < -0.3 is 4.74 Å². The van der Waals surface area contributed by atoms with Crippen LogP contribution in [-0.4, -0.2) is 60.2 Å². The van der Waals surface area contributed by atoms with Crippen LogP contribution in [0.2, 0.25) is 0 Å². The highest BCUT2D eigenvalue weighted by atomic mass is 32.1. The van der Waals surface area contributed by atoms with E-state index in [0.717, 1.165) is 39.4 Å². The molecule has 2 fully saturated rings. The third kappa shape index (κ3) is 3.88. The Bertz CT molecular complexity index is 464. The van der Waals surface area contributed by atoms with Crippen molar-refractivity contribution in [3.8, 4) is 0 Å².